The van der Waals surface area contributed by atoms with Gasteiger partial charge in [0.25, 0.3) is 0 Å². The van der Waals surface area contributed by atoms with Crippen LogP contribution in [0.5, 0.6) is 0 Å². The van der Waals surface area contributed by atoms with Crippen LogP contribution in [0.15, 0.2) is 17.4 Å². The first kappa shape index (κ1) is 8.31. The van der Waals surface area contributed by atoms with E-state index in [0.29, 0.717) is 0 Å². The van der Waals surface area contributed by atoms with Gasteiger partial charge in [-0.3, -0.25) is 5.01 Å². The van der Waals surface area contributed by atoms with Gasteiger partial charge in [-0.15, -0.1) is 0 Å². The Balaban J connectivity index is 2.93. The molecule has 0 N–H and O–H groups in total. The third-order valence-corrected chi connectivity index (χ3v) is 2.51. The lowest BCUT2D eigenvalue weighted by atomic mass is 9.86. The van der Waals surface area contributed by atoms with Gasteiger partial charge in [0.15, 0.2) is 0 Å². The van der Waals surface area contributed by atoms with Crippen molar-refractivity contribution >= 4 is 5.71 Å². The maximum Gasteiger partial charge on any atom is 0.0469 e. The molecule has 62 valence electrons. The third-order valence-electron chi connectivity index (χ3n) is 2.51. The van der Waals surface area contributed by atoms with Gasteiger partial charge in [-0.25, -0.2) is 0 Å². The molecule has 11 heavy (non-hydrogen) atoms. The van der Waals surface area contributed by atoms with E-state index in [-0.39, 0.29) is 5.41 Å². The van der Waals surface area contributed by atoms with Crippen LogP contribution in [0.4, 0.5) is 0 Å². The lowest BCUT2D eigenvalue weighted by Crippen LogP contribution is -2.23. The Morgan fingerprint density at radius 3 is 2.27 bits per heavy atom. The SMILES string of the molecule is C=C1N(CC)N=C(C)C1(C)C. The largest absolute Gasteiger partial charge is 0.270 e. The average molecular weight is 152 g/mol. The molecule has 0 aromatic carbocycles. The minimum atomic E-state index is 0.0655. The van der Waals surface area contributed by atoms with Crippen LogP contribution in [0.2, 0.25) is 0 Å². The molecule has 0 radical (unpaired) electrons. The van der Waals surface area contributed by atoms with Gasteiger partial charge < -0.3 is 0 Å². The molecular weight excluding hydrogens is 136 g/mol. The fraction of sp³-hybridized carbons (Fsp3) is 0.667. The van der Waals surface area contributed by atoms with Gasteiger partial charge in [0.05, 0.1) is 0 Å². The Hall–Kier alpha value is -0.790. The molecule has 0 saturated carbocycles. The van der Waals surface area contributed by atoms with E-state index in [1.165, 1.54) is 0 Å². The van der Waals surface area contributed by atoms with Crippen LogP contribution in [0.1, 0.15) is 27.7 Å². The summed E-state index contributed by atoms with van der Waals surface area (Å²) in [4.78, 5) is 0. The summed E-state index contributed by atoms with van der Waals surface area (Å²) in [6, 6.07) is 0. The summed E-state index contributed by atoms with van der Waals surface area (Å²) in [6.07, 6.45) is 0. The highest BCUT2D eigenvalue weighted by molar-refractivity contribution is 5.91. The summed E-state index contributed by atoms with van der Waals surface area (Å²) in [5, 5.41) is 6.36. The van der Waals surface area contributed by atoms with Crippen molar-refractivity contribution in [3.8, 4) is 0 Å². The molecule has 0 amide bonds. The van der Waals surface area contributed by atoms with Crippen LogP contribution in [0.3, 0.4) is 0 Å². The van der Waals surface area contributed by atoms with Gasteiger partial charge in [-0.05, 0) is 27.7 Å². The van der Waals surface area contributed by atoms with E-state index in [1.54, 1.807) is 0 Å². The molecule has 0 bridgehead atoms. The number of hydrazone groups is 1. The number of hydrogen-bond acceptors (Lipinski definition) is 2. The van der Waals surface area contributed by atoms with E-state index in [1.807, 2.05) is 5.01 Å². The standard InChI is InChI=1S/C9H16N2/c1-6-11-8(3)9(4,5)7(2)10-11/h3,6H2,1-2,4-5H3. The van der Waals surface area contributed by atoms with E-state index >= 15 is 0 Å². The maximum atomic E-state index is 4.39. The van der Waals surface area contributed by atoms with E-state index in [0.717, 1.165) is 18.0 Å². The quantitative estimate of drug-likeness (QED) is 0.562. The van der Waals surface area contributed by atoms with Crippen molar-refractivity contribution in [2.75, 3.05) is 6.54 Å². The lowest BCUT2D eigenvalue weighted by molar-refractivity contribution is 0.362. The molecule has 1 rings (SSSR count). The van der Waals surface area contributed by atoms with Crippen LogP contribution in [-0.4, -0.2) is 17.3 Å². The smallest absolute Gasteiger partial charge is 0.0469 e. The zero-order valence-electron chi connectivity index (χ0n) is 7.81. The zero-order valence-corrected chi connectivity index (χ0v) is 7.81. The maximum absolute atomic E-state index is 4.39. The minimum absolute atomic E-state index is 0.0655. The first-order valence-corrected chi connectivity index (χ1v) is 4.02. The summed E-state index contributed by atoms with van der Waals surface area (Å²) in [6.45, 7) is 13.4. The molecule has 2 heteroatoms. The molecule has 0 aromatic rings. The van der Waals surface area contributed by atoms with Gasteiger partial charge in [0, 0.05) is 23.4 Å². The first-order valence-electron chi connectivity index (χ1n) is 4.02. The van der Waals surface area contributed by atoms with Gasteiger partial charge in [0.1, 0.15) is 0 Å². The van der Waals surface area contributed by atoms with Gasteiger partial charge in [-0.2, -0.15) is 5.10 Å². The summed E-state index contributed by atoms with van der Waals surface area (Å²) in [5.74, 6) is 0. The van der Waals surface area contributed by atoms with Crippen molar-refractivity contribution in [1.82, 2.24) is 5.01 Å². The fourth-order valence-corrected chi connectivity index (χ4v) is 1.16. The molecular formula is C9H16N2. The molecule has 1 heterocycles. The molecule has 0 spiro atoms. The molecule has 1 aliphatic heterocycles. The summed E-state index contributed by atoms with van der Waals surface area (Å²) >= 11 is 0. The molecule has 0 fully saturated rings. The number of rotatable bonds is 1. The van der Waals surface area contributed by atoms with E-state index < -0.39 is 0 Å². The predicted octanol–water partition coefficient (Wildman–Crippen LogP) is 2.24. The minimum Gasteiger partial charge on any atom is -0.270 e. The van der Waals surface area contributed by atoms with Crippen molar-refractivity contribution in [3.05, 3.63) is 12.3 Å². The second-order valence-corrected chi connectivity index (χ2v) is 3.47. The van der Waals surface area contributed by atoms with Crippen molar-refractivity contribution in [1.29, 1.82) is 0 Å². The molecule has 0 aromatic heterocycles. The van der Waals surface area contributed by atoms with Crippen LogP contribution >= 0.6 is 0 Å². The Bertz CT molecular complexity index is 214. The second kappa shape index (κ2) is 2.36. The Morgan fingerprint density at radius 1 is 1.55 bits per heavy atom. The highest BCUT2D eigenvalue weighted by atomic mass is 15.5. The molecule has 0 saturated heterocycles. The van der Waals surface area contributed by atoms with Gasteiger partial charge >= 0.3 is 0 Å². The number of nitrogens with zero attached hydrogens (tertiary/aromatic N) is 2. The van der Waals surface area contributed by atoms with E-state index in [2.05, 4.69) is 39.4 Å². The monoisotopic (exact) mass is 152 g/mol. The number of hydrogen-bond donors (Lipinski definition) is 0. The average Bonchev–Trinajstić information content (AvgIpc) is 2.14. The Kier molecular flexibility index (Phi) is 1.78. The van der Waals surface area contributed by atoms with Gasteiger partial charge in [-0.1, -0.05) is 6.58 Å². The van der Waals surface area contributed by atoms with Crippen LogP contribution in [-0.2, 0) is 0 Å². The summed E-state index contributed by atoms with van der Waals surface area (Å²) in [7, 11) is 0. The van der Waals surface area contributed by atoms with E-state index in [9.17, 15) is 0 Å². The second-order valence-electron chi connectivity index (χ2n) is 3.47. The Morgan fingerprint density at radius 2 is 2.09 bits per heavy atom. The molecule has 0 unspecified atom stereocenters. The predicted molar refractivity (Wildman–Crippen MR) is 48.4 cm³/mol. The zero-order chi connectivity index (χ0) is 8.65. The van der Waals surface area contributed by atoms with Crippen LogP contribution in [0, 0.1) is 5.41 Å². The van der Waals surface area contributed by atoms with E-state index in [4.69, 9.17) is 0 Å². The highest BCUT2D eigenvalue weighted by Crippen LogP contribution is 2.35. The van der Waals surface area contributed by atoms with Crippen molar-refractivity contribution in [2.24, 2.45) is 10.5 Å². The Labute approximate surface area is 68.6 Å². The van der Waals surface area contributed by atoms with Crippen LogP contribution < -0.4 is 0 Å². The van der Waals surface area contributed by atoms with Crippen molar-refractivity contribution in [3.63, 3.8) is 0 Å². The topological polar surface area (TPSA) is 15.6 Å². The summed E-state index contributed by atoms with van der Waals surface area (Å²) < 4.78 is 0. The van der Waals surface area contributed by atoms with Crippen molar-refractivity contribution in [2.45, 2.75) is 27.7 Å². The fourth-order valence-electron chi connectivity index (χ4n) is 1.16. The summed E-state index contributed by atoms with van der Waals surface area (Å²) in [5.41, 5.74) is 2.33. The molecule has 0 atom stereocenters. The van der Waals surface area contributed by atoms with Crippen molar-refractivity contribution < 1.29 is 0 Å². The molecule has 0 aliphatic carbocycles. The number of allylic oxidation sites excluding steroid dienone is 1. The lowest BCUT2D eigenvalue weighted by Gasteiger charge is -2.22. The molecule has 2 nitrogen and oxygen atoms in total. The first-order chi connectivity index (χ1) is 5.00. The van der Waals surface area contributed by atoms with Crippen LogP contribution in [0.25, 0.3) is 0 Å². The third kappa shape index (κ3) is 1.06. The normalized spacial score (nSPS) is 22.4. The highest BCUT2D eigenvalue weighted by Gasteiger charge is 2.34. The molecule has 1 aliphatic rings. The van der Waals surface area contributed by atoms with Gasteiger partial charge in [0.2, 0.25) is 0 Å².